The van der Waals surface area contributed by atoms with Gasteiger partial charge in [0.2, 0.25) is 5.91 Å². The van der Waals surface area contributed by atoms with Gasteiger partial charge in [-0.2, -0.15) is 0 Å². The highest BCUT2D eigenvalue weighted by atomic mass is 19.3. The molecule has 2 aromatic carbocycles. The topological polar surface area (TPSA) is 69.6 Å². The van der Waals surface area contributed by atoms with Crippen LogP contribution in [0, 0.1) is 5.82 Å². The van der Waals surface area contributed by atoms with Gasteiger partial charge >= 0.3 is 6.29 Å². The minimum absolute atomic E-state index is 0.0776. The zero-order chi connectivity index (χ0) is 26.8. The van der Waals surface area contributed by atoms with Crippen molar-refractivity contribution in [2.45, 2.75) is 70.6 Å². The summed E-state index contributed by atoms with van der Waals surface area (Å²) in [5, 5.41) is 3.59. The summed E-state index contributed by atoms with van der Waals surface area (Å²) in [7, 11) is 0. The van der Waals surface area contributed by atoms with E-state index in [1.54, 1.807) is 12.1 Å². The Labute approximate surface area is 212 Å². The Kier molecular flexibility index (Phi) is 5.80. The van der Waals surface area contributed by atoms with Crippen molar-refractivity contribution in [3.63, 3.8) is 0 Å². The lowest BCUT2D eigenvalue weighted by molar-refractivity contribution is -0.286. The van der Waals surface area contributed by atoms with Gasteiger partial charge in [0.05, 0.1) is 10.9 Å². The molecule has 5 rings (SSSR count). The van der Waals surface area contributed by atoms with Crippen LogP contribution in [0.3, 0.4) is 0 Å². The maximum Gasteiger partial charge on any atom is 0.586 e. The normalized spacial score (nSPS) is 17.2. The SMILES string of the molecule is CC(=O)NCCn1c(C(C)(C)C)cc2cc(CC(=O)C3(c4ccc5c(c4)OC(F)(F)O5)CC3)c(F)cc21. The molecule has 1 saturated carbocycles. The van der Waals surface area contributed by atoms with Gasteiger partial charge in [0, 0.05) is 42.9 Å². The lowest BCUT2D eigenvalue weighted by atomic mass is 9.87. The molecule has 0 radical (unpaired) electrons. The molecule has 1 N–H and O–H groups in total. The standard InChI is InChI=1S/C28H29F3N2O4/c1-16(34)32-9-10-33-21-15-20(29)17(11-18(21)12-24(33)26(2,3)4)13-25(35)27(7-8-27)19-5-6-22-23(14-19)37-28(30,31)36-22/h5-6,11-12,14-15H,7-10,13H2,1-4H3,(H,32,34). The van der Waals surface area contributed by atoms with Crippen LogP contribution in [-0.4, -0.2) is 29.1 Å². The van der Waals surface area contributed by atoms with Gasteiger partial charge in [0.1, 0.15) is 11.6 Å². The number of ketones is 1. The van der Waals surface area contributed by atoms with E-state index in [1.165, 1.54) is 25.1 Å². The zero-order valence-electron chi connectivity index (χ0n) is 21.2. The van der Waals surface area contributed by atoms with Crippen LogP contribution in [0.1, 0.15) is 57.4 Å². The fourth-order valence-electron chi connectivity index (χ4n) is 5.11. The van der Waals surface area contributed by atoms with Crippen LogP contribution in [-0.2, 0) is 33.4 Å². The minimum Gasteiger partial charge on any atom is -0.395 e. The molecule has 1 fully saturated rings. The Morgan fingerprint density at radius 3 is 2.41 bits per heavy atom. The summed E-state index contributed by atoms with van der Waals surface area (Å²) in [6.07, 6.45) is -2.74. The second-order valence-electron chi connectivity index (χ2n) is 10.9. The van der Waals surface area contributed by atoms with Crippen molar-refractivity contribution in [2.24, 2.45) is 0 Å². The molecular formula is C28H29F3N2O4. The maximum absolute atomic E-state index is 15.3. The van der Waals surface area contributed by atoms with Gasteiger partial charge in [-0.1, -0.05) is 26.8 Å². The third-order valence-corrected chi connectivity index (χ3v) is 7.14. The number of nitrogens with zero attached hydrogens (tertiary/aromatic N) is 1. The number of hydrogen-bond donors (Lipinski definition) is 1. The number of nitrogens with one attached hydrogen (secondary N) is 1. The molecule has 2 aliphatic rings. The van der Waals surface area contributed by atoms with E-state index >= 15 is 4.39 Å². The van der Waals surface area contributed by atoms with E-state index in [9.17, 15) is 18.4 Å². The number of benzene rings is 2. The highest BCUT2D eigenvalue weighted by molar-refractivity contribution is 5.95. The molecule has 1 aromatic heterocycles. The quantitative estimate of drug-likeness (QED) is 0.460. The molecule has 2 heterocycles. The number of Topliss-reactive ketones (excluding diaryl/α,β-unsaturated/α-hetero) is 1. The van der Waals surface area contributed by atoms with Crippen LogP contribution in [0.5, 0.6) is 11.5 Å². The van der Waals surface area contributed by atoms with Crippen molar-refractivity contribution in [3.8, 4) is 11.5 Å². The van der Waals surface area contributed by atoms with Crippen LogP contribution in [0.15, 0.2) is 36.4 Å². The van der Waals surface area contributed by atoms with Gasteiger partial charge in [-0.05, 0) is 54.3 Å². The summed E-state index contributed by atoms with van der Waals surface area (Å²) >= 11 is 0. The second kappa shape index (κ2) is 8.53. The molecule has 1 amide bonds. The van der Waals surface area contributed by atoms with Gasteiger partial charge in [-0.3, -0.25) is 9.59 Å². The maximum atomic E-state index is 15.3. The number of rotatable bonds is 7. The molecule has 6 nitrogen and oxygen atoms in total. The third kappa shape index (κ3) is 4.67. The summed E-state index contributed by atoms with van der Waals surface area (Å²) < 4.78 is 53.2. The van der Waals surface area contributed by atoms with Gasteiger partial charge in [0.25, 0.3) is 0 Å². The summed E-state index contributed by atoms with van der Waals surface area (Å²) in [5.41, 5.74) is 1.47. The predicted octanol–water partition coefficient (Wildman–Crippen LogP) is 5.38. The average molecular weight is 515 g/mol. The molecule has 0 atom stereocenters. The summed E-state index contributed by atoms with van der Waals surface area (Å²) in [5.74, 6) is -0.972. The fraction of sp³-hybridized carbons (Fsp3) is 0.429. The molecule has 0 saturated heterocycles. The predicted molar refractivity (Wildman–Crippen MR) is 132 cm³/mol. The molecule has 1 aliphatic heterocycles. The molecule has 0 bridgehead atoms. The van der Waals surface area contributed by atoms with E-state index in [-0.39, 0.29) is 40.6 Å². The molecule has 196 valence electrons. The van der Waals surface area contributed by atoms with Crippen LogP contribution >= 0.6 is 0 Å². The number of carbonyl (C=O) groups excluding carboxylic acids is 2. The van der Waals surface area contributed by atoms with Gasteiger partial charge in [-0.15, -0.1) is 8.78 Å². The molecule has 0 unspecified atom stereocenters. The van der Waals surface area contributed by atoms with Gasteiger partial charge in [-0.25, -0.2) is 4.39 Å². The first-order valence-electron chi connectivity index (χ1n) is 12.3. The second-order valence-corrected chi connectivity index (χ2v) is 10.9. The van der Waals surface area contributed by atoms with E-state index in [2.05, 4.69) is 35.6 Å². The van der Waals surface area contributed by atoms with E-state index < -0.39 is 17.5 Å². The van der Waals surface area contributed by atoms with Gasteiger partial charge in [0.15, 0.2) is 11.5 Å². The Hall–Kier alpha value is -3.49. The van der Waals surface area contributed by atoms with Crippen LogP contribution in [0.4, 0.5) is 13.2 Å². The Morgan fingerprint density at radius 2 is 1.76 bits per heavy atom. The fourth-order valence-corrected chi connectivity index (χ4v) is 5.11. The van der Waals surface area contributed by atoms with E-state index in [4.69, 9.17) is 0 Å². The molecule has 9 heteroatoms. The van der Waals surface area contributed by atoms with Crippen LogP contribution in [0.25, 0.3) is 10.9 Å². The van der Waals surface area contributed by atoms with Gasteiger partial charge < -0.3 is 19.4 Å². The van der Waals surface area contributed by atoms with Crippen molar-refractivity contribution in [2.75, 3.05) is 6.54 Å². The zero-order valence-corrected chi connectivity index (χ0v) is 21.2. The number of alkyl halides is 2. The molecular weight excluding hydrogens is 485 g/mol. The van der Waals surface area contributed by atoms with E-state index in [0.717, 1.165) is 11.1 Å². The molecule has 37 heavy (non-hydrogen) atoms. The average Bonchev–Trinajstić information content (AvgIpc) is 3.43. The number of hydrogen-bond acceptors (Lipinski definition) is 4. The van der Waals surface area contributed by atoms with Crippen molar-refractivity contribution in [3.05, 3.63) is 59.0 Å². The van der Waals surface area contributed by atoms with Crippen molar-refractivity contribution in [1.82, 2.24) is 9.88 Å². The number of amides is 1. The number of halogens is 3. The molecule has 3 aromatic rings. The lowest BCUT2D eigenvalue weighted by Gasteiger charge is -2.22. The first-order valence-corrected chi connectivity index (χ1v) is 12.3. The number of fused-ring (bicyclic) bond motifs is 2. The smallest absolute Gasteiger partial charge is 0.395 e. The molecule has 0 spiro atoms. The lowest BCUT2D eigenvalue weighted by Crippen LogP contribution is -2.27. The third-order valence-electron chi connectivity index (χ3n) is 7.14. The van der Waals surface area contributed by atoms with Crippen molar-refractivity contribution < 1.29 is 32.2 Å². The van der Waals surface area contributed by atoms with Crippen LogP contribution < -0.4 is 14.8 Å². The Balaban J connectivity index is 1.43. The first kappa shape index (κ1) is 25.2. The monoisotopic (exact) mass is 514 g/mol. The Morgan fingerprint density at radius 1 is 1.05 bits per heavy atom. The Bertz CT molecular complexity index is 1420. The summed E-state index contributed by atoms with van der Waals surface area (Å²) in [6.45, 7) is 8.54. The molecule has 1 aliphatic carbocycles. The number of aromatic nitrogens is 1. The van der Waals surface area contributed by atoms with Crippen molar-refractivity contribution in [1.29, 1.82) is 0 Å². The highest BCUT2D eigenvalue weighted by Crippen LogP contribution is 2.52. The first-order chi connectivity index (χ1) is 17.3. The summed E-state index contributed by atoms with van der Waals surface area (Å²) in [4.78, 5) is 24.8. The summed E-state index contributed by atoms with van der Waals surface area (Å²) in [6, 6.07) is 9.56. The van der Waals surface area contributed by atoms with Crippen LogP contribution in [0.2, 0.25) is 0 Å². The van der Waals surface area contributed by atoms with E-state index in [0.29, 0.717) is 37.0 Å². The number of ether oxygens (including phenoxy) is 2. The highest BCUT2D eigenvalue weighted by Gasteiger charge is 2.52. The van der Waals surface area contributed by atoms with Crippen molar-refractivity contribution >= 4 is 22.6 Å². The largest absolute Gasteiger partial charge is 0.586 e. The minimum atomic E-state index is -3.73. The number of carbonyl (C=O) groups is 2. The van der Waals surface area contributed by atoms with E-state index in [1.807, 2.05) is 10.6 Å².